The second-order valence-corrected chi connectivity index (χ2v) is 3.35. The predicted octanol–water partition coefficient (Wildman–Crippen LogP) is -0.175. The van der Waals surface area contributed by atoms with Crippen LogP contribution in [0, 0.1) is 0 Å². The zero-order chi connectivity index (χ0) is 11.0. The minimum Gasteiger partial charge on any atom is -0.337 e. The van der Waals surface area contributed by atoms with Crippen LogP contribution in [0.5, 0.6) is 0 Å². The fraction of sp³-hybridized carbons (Fsp3) is 0.778. The van der Waals surface area contributed by atoms with E-state index < -0.39 is 0 Å². The van der Waals surface area contributed by atoms with Crippen LogP contribution < -0.4 is 10.6 Å². The molecular formula is C9H19N3O2. The number of carbonyl (C=O) groups is 2. The lowest BCUT2D eigenvalue weighted by Gasteiger charge is -2.13. The summed E-state index contributed by atoms with van der Waals surface area (Å²) in [6.07, 6.45) is 1.36. The molecule has 5 heteroatoms. The summed E-state index contributed by atoms with van der Waals surface area (Å²) in [5, 5.41) is 5.22. The van der Waals surface area contributed by atoms with Gasteiger partial charge < -0.3 is 20.3 Å². The Balaban J connectivity index is 3.59. The van der Waals surface area contributed by atoms with Crippen molar-refractivity contribution < 1.29 is 9.59 Å². The monoisotopic (exact) mass is 201 g/mol. The van der Waals surface area contributed by atoms with Crippen molar-refractivity contribution in [3.05, 3.63) is 0 Å². The average Bonchev–Trinajstić information content (AvgIpc) is 2.13. The van der Waals surface area contributed by atoms with Crippen molar-refractivity contribution in [3.63, 3.8) is 0 Å². The van der Waals surface area contributed by atoms with Gasteiger partial charge in [-0.2, -0.15) is 0 Å². The summed E-state index contributed by atoms with van der Waals surface area (Å²) in [4.78, 5) is 23.5. The van der Waals surface area contributed by atoms with Crippen molar-refractivity contribution in [2.75, 3.05) is 27.2 Å². The van der Waals surface area contributed by atoms with Gasteiger partial charge in [-0.05, 0) is 20.5 Å². The Morgan fingerprint density at radius 1 is 1.50 bits per heavy atom. The molecule has 0 saturated heterocycles. The van der Waals surface area contributed by atoms with Crippen molar-refractivity contribution in [2.45, 2.75) is 19.4 Å². The number of hydrogen-bond acceptors (Lipinski definition) is 3. The number of nitrogens with zero attached hydrogens (tertiary/aromatic N) is 1. The number of amides is 2. The Kier molecular flexibility index (Phi) is 6.74. The van der Waals surface area contributed by atoms with Gasteiger partial charge in [-0.15, -0.1) is 0 Å². The number of aldehydes is 1. The smallest absolute Gasteiger partial charge is 0.315 e. The van der Waals surface area contributed by atoms with E-state index in [2.05, 4.69) is 10.6 Å². The highest BCUT2D eigenvalue weighted by atomic mass is 16.2. The first kappa shape index (κ1) is 12.9. The molecule has 0 spiro atoms. The quantitative estimate of drug-likeness (QED) is 0.586. The number of likely N-dealkylation sites (N-methyl/N-ethyl adjacent to an activating group) is 1. The van der Waals surface area contributed by atoms with Gasteiger partial charge in [0.05, 0.1) is 6.04 Å². The van der Waals surface area contributed by atoms with E-state index >= 15 is 0 Å². The highest BCUT2D eigenvalue weighted by Crippen LogP contribution is 1.84. The second-order valence-electron chi connectivity index (χ2n) is 3.35. The molecule has 0 aliphatic carbocycles. The van der Waals surface area contributed by atoms with E-state index in [0.29, 0.717) is 13.0 Å². The fourth-order valence-corrected chi connectivity index (χ4v) is 0.845. The van der Waals surface area contributed by atoms with E-state index in [0.717, 1.165) is 12.8 Å². The number of hydrogen-bond donors (Lipinski definition) is 2. The number of nitrogens with one attached hydrogen (secondary N) is 2. The first-order valence-corrected chi connectivity index (χ1v) is 4.74. The topological polar surface area (TPSA) is 61.4 Å². The summed E-state index contributed by atoms with van der Waals surface area (Å²) in [7, 11) is 3.86. The van der Waals surface area contributed by atoms with Crippen molar-refractivity contribution in [3.8, 4) is 0 Å². The summed E-state index contributed by atoms with van der Waals surface area (Å²) in [5.41, 5.74) is 0. The van der Waals surface area contributed by atoms with Crippen LogP contribution in [0.3, 0.4) is 0 Å². The molecule has 1 unspecified atom stereocenters. The molecule has 0 radical (unpaired) electrons. The van der Waals surface area contributed by atoms with Crippen LogP contribution in [0.15, 0.2) is 0 Å². The van der Waals surface area contributed by atoms with Crippen molar-refractivity contribution >= 4 is 12.3 Å². The Hall–Kier alpha value is -1.10. The summed E-state index contributed by atoms with van der Waals surface area (Å²) in [6, 6.07) is -0.667. The van der Waals surface area contributed by atoms with Gasteiger partial charge in [0.25, 0.3) is 0 Å². The van der Waals surface area contributed by atoms with Gasteiger partial charge in [0.1, 0.15) is 6.29 Å². The van der Waals surface area contributed by atoms with E-state index in [1.807, 2.05) is 25.9 Å². The van der Waals surface area contributed by atoms with Gasteiger partial charge >= 0.3 is 6.03 Å². The van der Waals surface area contributed by atoms with Crippen molar-refractivity contribution in [1.82, 2.24) is 15.5 Å². The van der Waals surface area contributed by atoms with Crippen LogP contribution in [-0.4, -0.2) is 50.4 Å². The maximum atomic E-state index is 11.2. The van der Waals surface area contributed by atoms with E-state index in [-0.39, 0.29) is 12.1 Å². The van der Waals surface area contributed by atoms with Crippen LogP contribution >= 0.6 is 0 Å². The lowest BCUT2D eigenvalue weighted by atomic mass is 10.2. The summed E-state index contributed by atoms with van der Waals surface area (Å²) >= 11 is 0. The molecule has 0 aromatic heterocycles. The summed E-state index contributed by atoms with van der Waals surface area (Å²) < 4.78 is 0. The molecule has 0 saturated carbocycles. The first-order chi connectivity index (χ1) is 6.60. The molecule has 0 bridgehead atoms. The molecule has 2 amide bonds. The molecule has 82 valence electrons. The number of urea groups is 1. The van der Waals surface area contributed by atoms with E-state index in [9.17, 15) is 9.59 Å². The Morgan fingerprint density at radius 2 is 2.14 bits per heavy atom. The molecular weight excluding hydrogens is 182 g/mol. The summed E-state index contributed by atoms with van der Waals surface area (Å²) in [6.45, 7) is 3.21. The molecule has 0 aromatic carbocycles. The Bertz CT molecular complexity index is 183. The Labute approximate surface area is 84.8 Å². The molecule has 14 heavy (non-hydrogen) atoms. The standard InChI is InChI=1S/C9H19N3O2/c1-4-8(7-13)11-9(14)10-5-6-12(2)3/h7-8H,4-6H2,1-3H3,(H2,10,11,14). The highest BCUT2D eigenvalue weighted by Gasteiger charge is 2.07. The van der Waals surface area contributed by atoms with E-state index in [4.69, 9.17) is 0 Å². The van der Waals surface area contributed by atoms with Crippen molar-refractivity contribution in [2.24, 2.45) is 0 Å². The molecule has 0 rings (SSSR count). The zero-order valence-electron chi connectivity index (χ0n) is 9.04. The van der Waals surface area contributed by atoms with Crippen LogP contribution in [0.4, 0.5) is 4.79 Å². The van der Waals surface area contributed by atoms with Crippen molar-refractivity contribution in [1.29, 1.82) is 0 Å². The largest absolute Gasteiger partial charge is 0.337 e. The van der Waals surface area contributed by atoms with Crippen LogP contribution in [-0.2, 0) is 4.79 Å². The van der Waals surface area contributed by atoms with E-state index in [1.165, 1.54) is 0 Å². The third-order valence-corrected chi connectivity index (χ3v) is 1.77. The van der Waals surface area contributed by atoms with Gasteiger partial charge in [-0.25, -0.2) is 4.79 Å². The molecule has 5 nitrogen and oxygen atoms in total. The Morgan fingerprint density at radius 3 is 2.57 bits per heavy atom. The predicted molar refractivity (Wildman–Crippen MR) is 55.2 cm³/mol. The van der Waals surface area contributed by atoms with Gasteiger partial charge in [-0.1, -0.05) is 6.92 Å². The number of rotatable bonds is 6. The SMILES string of the molecule is CCC(C=O)NC(=O)NCCN(C)C. The van der Waals surface area contributed by atoms with Gasteiger partial charge in [0.2, 0.25) is 0 Å². The molecule has 0 aliphatic rings. The van der Waals surface area contributed by atoms with Crippen LogP contribution in [0.2, 0.25) is 0 Å². The maximum Gasteiger partial charge on any atom is 0.315 e. The maximum absolute atomic E-state index is 11.2. The second kappa shape index (κ2) is 7.32. The third-order valence-electron chi connectivity index (χ3n) is 1.77. The van der Waals surface area contributed by atoms with Gasteiger partial charge in [0, 0.05) is 13.1 Å². The average molecular weight is 201 g/mol. The van der Waals surface area contributed by atoms with Gasteiger partial charge in [-0.3, -0.25) is 0 Å². The number of carbonyl (C=O) groups excluding carboxylic acids is 2. The lowest BCUT2D eigenvalue weighted by Crippen LogP contribution is -2.44. The molecule has 2 N–H and O–H groups in total. The zero-order valence-corrected chi connectivity index (χ0v) is 9.04. The molecule has 0 fully saturated rings. The van der Waals surface area contributed by atoms with Gasteiger partial charge in [0.15, 0.2) is 0 Å². The minimum absolute atomic E-state index is 0.286. The fourth-order valence-electron chi connectivity index (χ4n) is 0.845. The van der Waals surface area contributed by atoms with E-state index in [1.54, 1.807) is 0 Å². The highest BCUT2D eigenvalue weighted by molar-refractivity contribution is 5.77. The molecule has 0 heterocycles. The normalized spacial score (nSPS) is 12.3. The lowest BCUT2D eigenvalue weighted by molar-refractivity contribution is -0.109. The first-order valence-electron chi connectivity index (χ1n) is 4.74. The minimum atomic E-state index is -0.380. The third kappa shape index (κ3) is 6.42. The van der Waals surface area contributed by atoms with Crippen LogP contribution in [0.25, 0.3) is 0 Å². The summed E-state index contributed by atoms with van der Waals surface area (Å²) in [5.74, 6) is 0. The molecule has 0 aromatic rings. The van der Waals surface area contributed by atoms with Crippen LogP contribution in [0.1, 0.15) is 13.3 Å². The molecule has 0 aliphatic heterocycles. The molecule has 1 atom stereocenters.